The summed E-state index contributed by atoms with van der Waals surface area (Å²) in [4.78, 5) is 0. The molecule has 0 radical (unpaired) electrons. The maximum Gasteiger partial charge on any atom is 0.0434 e. The normalized spacial score (nSPS) is 13.6. The zero-order chi connectivity index (χ0) is 27.7. The van der Waals surface area contributed by atoms with Crippen LogP contribution in [-0.2, 0) is 0 Å². The monoisotopic (exact) mass is 544 g/mol. The molecule has 0 aliphatic carbocycles. The highest BCUT2D eigenvalue weighted by Crippen LogP contribution is 2.45. The first-order valence-corrected chi connectivity index (χ1v) is 15.7. The van der Waals surface area contributed by atoms with E-state index < -0.39 is 0 Å². The molecule has 0 bridgehead atoms. The van der Waals surface area contributed by atoms with Gasteiger partial charge in [-0.1, -0.05) is 124 Å². The highest BCUT2D eigenvalue weighted by Gasteiger charge is 2.20. The average Bonchev–Trinajstić information content (AvgIpc) is 3.42. The molecule has 0 aliphatic heterocycles. The SMILES string of the molecule is CCC(C)C(C)c1cccc2c3ccccc3c3ccc(-c4cc5c6ccccc6sc5c5ccccc45)cc3c12. The van der Waals surface area contributed by atoms with Crippen molar-refractivity contribution in [1.29, 1.82) is 0 Å². The number of hydrogen-bond acceptors (Lipinski definition) is 1. The fraction of sp³-hybridized carbons (Fsp3) is 0.150. The molecular weight excluding hydrogens is 513 g/mol. The first kappa shape index (κ1) is 24.6. The van der Waals surface area contributed by atoms with Gasteiger partial charge in [0.05, 0.1) is 0 Å². The Bertz CT molecular complexity index is 2280. The van der Waals surface area contributed by atoms with E-state index in [2.05, 4.69) is 136 Å². The van der Waals surface area contributed by atoms with Crippen molar-refractivity contribution in [2.24, 2.45) is 5.92 Å². The van der Waals surface area contributed by atoms with Crippen LogP contribution in [0.1, 0.15) is 38.7 Å². The molecule has 7 aromatic carbocycles. The van der Waals surface area contributed by atoms with E-state index >= 15 is 0 Å². The summed E-state index contributed by atoms with van der Waals surface area (Å²) in [5, 5.41) is 13.5. The van der Waals surface area contributed by atoms with Crippen molar-refractivity contribution in [3.63, 3.8) is 0 Å². The van der Waals surface area contributed by atoms with Crippen LogP contribution in [0.2, 0.25) is 0 Å². The van der Waals surface area contributed by atoms with Crippen molar-refractivity contribution >= 4 is 74.6 Å². The van der Waals surface area contributed by atoms with Crippen LogP contribution in [0.5, 0.6) is 0 Å². The first-order chi connectivity index (χ1) is 20.1. The molecule has 0 amide bonds. The molecule has 0 aliphatic rings. The third-order valence-corrected chi connectivity index (χ3v) is 10.8. The summed E-state index contributed by atoms with van der Waals surface area (Å²) in [6.45, 7) is 7.12. The van der Waals surface area contributed by atoms with Crippen LogP contribution in [0.3, 0.4) is 0 Å². The minimum absolute atomic E-state index is 0.478. The fourth-order valence-corrected chi connectivity index (χ4v) is 8.25. The molecule has 2 atom stereocenters. The standard InChI is InChI=1S/C40H32S/c1-4-24(2)25(3)27-17-11-18-33-29-13-6-5-12-28(29)31-21-20-26(22-36(31)39(27)33)35-23-37-32-15-9-10-19-38(32)41-40(37)34-16-8-7-14-30(34)35/h5-25H,4H2,1-3H3. The molecule has 1 heterocycles. The van der Waals surface area contributed by atoms with E-state index in [1.54, 1.807) is 0 Å². The molecule has 1 aromatic heterocycles. The zero-order valence-electron chi connectivity index (χ0n) is 23.7. The van der Waals surface area contributed by atoms with Crippen LogP contribution < -0.4 is 0 Å². The Hall–Kier alpha value is -4.20. The Labute approximate surface area is 244 Å². The molecular formula is C40H32S. The molecule has 2 unspecified atom stereocenters. The minimum atomic E-state index is 0.478. The Morgan fingerprint density at radius 2 is 1.17 bits per heavy atom. The Morgan fingerprint density at radius 1 is 0.537 bits per heavy atom. The Balaban J connectivity index is 1.51. The van der Waals surface area contributed by atoms with Gasteiger partial charge in [0.25, 0.3) is 0 Å². The first-order valence-electron chi connectivity index (χ1n) is 14.8. The number of rotatable bonds is 4. The molecule has 0 saturated carbocycles. The van der Waals surface area contributed by atoms with Crippen LogP contribution in [0.15, 0.2) is 115 Å². The largest absolute Gasteiger partial charge is 0.135 e. The van der Waals surface area contributed by atoms with Crippen LogP contribution in [-0.4, -0.2) is 0 Å². The molecule has 0 nitrogen and oxygen atoms in total. The quantitative estimate of drug-likeness (QED) is 0.193. The van der Waals surface area contributed by atoms with Gasteiger partial charge in [-0.15, -0.1) is 11.3 Å². The van der Waals surface area contributed by atoms with Gasteiger partial charge in [0.2, 0.25) is 0 Å². The summed E-state index contributed by atoms with van der Waals surface area (Å²) in [5.41, 5.74) is 4.06. The summed E-state index contributed by atoms with van der Waals surface area (Å²) in [6, 6.07) is 43.4. The lowest BCUT2D eigenvalue weighted by molar-refractivity contribution is 0.476. The van der Waals surface area contributed by atoms with Crippen LogP contribution in [0.4, 0.5) is 0 Å². The maximum atomic E-state index is 2.49. The molecule has 198 valence electrons. The van der Waals surface area contributed by atoms with Gasteiger partial charge in [0.15, 0.2) is 0 Å². The smallest absolute Gasteiger partial charge is 0.0434 e. The lowest BCUT2D eigenvalue weighted by Crippen LogP contribution is -2.06. The van der Waals surface area contributed by atoms with Gasteiger partial charge in [-0.25, -0.2) is 0 Å². The molecule has 41 heavy (non-hydrogen) atoms. The van der Waals surface area contributed by atoms with Gasteiger partial charge in [0.1, 0.15) is 0 Å². The van der Waals surface area contributed by atoms with Gasteiger partial charge >= 0.3 is 0 Å². The van der Waals surface area contributed by atoms with Crippen LogP contribution in [0, 0.1) is 5.92 Å². The van der Waals surface area contributed by atoms with E-state index in [9.17, 15) is 0 Å². The van der Waals surface area contributed by atoms with Crippen molar-refractivity contribution in [2.45, 2.75) is 33.1 Å². The van der Waals surface area contributed by atoms with Crippen molar-refractivity contribution in [2.75, 3.05) is 0 Å². The maximum absolute atomic E-state index is 2.49. The fourth-order valence-electron chi connectivity index (χ4n) is 7.03. The van der Waals surface area contributed by atoms with Gasteiger partial charge in [-0.3, -0.25) is 0 Å². The highest BCUT2D eigenvalue weighted by molar-refractivity contribution is 7.26. The Morgan fingerprint density at radius 3 is 1.95 bits per heavy atom. The summed E-state index contributed by atoms with van der Waals surface area (Å²) in [7, 11) is 0. The lowest BCUT2D eigenvalue weighted by Gasteiger charge is -2.23. The minimum Gasteiger partial charge on any atom is -0.135 e. The van der Waals surface area contributed by atoms with Crippen molar-refractivity contribution < 1.29 is 0 Å². The molecule has 0 saturated heterocycles. The van der Waals surface area contributed by atoms with E-state index in [1.165, 1.54) is 86.4 Å². The number of thiophene rings is 1. The van der Waals surface area contributed by atoms with Gasteiger partial charge in [-0.2, -0.15) is 0 Å². The van der Waals surface area contributed by atoms with Crippen molar-refractivity contribution in [3.8, 4) is 11.1 Å². The van der Waals surface area contributed by atoms with Gasteiger partial charge in [0, 0.05) is 25.6 Å². The summed E-state index contributed by atoms with van der Waals surface area (Å²) in [6.07, 6.45) is 1.18. The van der Waals surface area contributed by atoms with Gasteiger partial charge in [-0.05, 0) is 84.4 Å². The predicted molar refractivity (Wildman–Crippen MR) is 183 cm³/mol. The highest BCUT2D eigenvalue weighted by atomic mass is 32.1. The second-order valence-electron chi connectivity index (χ2n) is 11.7. The van der Waals surface area contributed by atoms with E-state index in [0.717, 1.165) is 0 Å². The van der Waals surface area contributed by atoms with Crippen molar-refractivity contribution in [3.05, 3.63) is 121 Å². The van der Waals surface area contributed by atoms with Gasteiger partial charge < -0.3 is 0 Å². The third-order valence-electron chi connectivity index (χ3n) is 9.58. The van der Waals surface area contributed by atoms with E-state index in [-0.39, 0.29) is 0 Å². The summed E-state index contributed by atoms with van der Waals surface area (Å²) >= 11 is 1.91. The van der Waals surface area contributed by atoms with E-state index in [1.807, 2.05) is 11.3 Å². The molecule has 0 fully saturated rings. The second kappa shape index (κ2) is 9.43. The number of benzene rings is 7. The lowest BCUT2D eigenvalue weighted by atomic mass is 9.81. The topological polar surface area (TPSA) is 0 Å². The molecule has 8 rings (SSSR count). The summed E-state index contributed by atoms with van der Waals surface area (Å²) in [5.74, 6) is 1.09. The predicted octanol–water partition coefficient (Wildman–Crippen LogP) is 12.5. The van der Waals surface area contributed by atoms with Crippen LogP contribution >= 0.6 is 11.3 Å². The molecule has 0 spiro atoms. The van der Waals surface area contributed by atoms with E-state index in [0.29, 0.717) is 11.8 Å². The number of fused-ring (bicyclic) bond motifs is 11. The van der Waals surface area contributed by atoms with E-state index in [4.69, 9.17) is 0 Å². The molecule has 1 heteroatoms. The van der Waals surface area contributed by atoms with Crippen molar-refractivity contribution in [1.82, 2.24) is 0 Å². The zero-order valence-corrected chi connectivity index (χ0v) is 24.6. The third kappa shape index (κ3) is 3.65. The second-order valence-corrected chi connectivity index (χ2v) is 12.7. The summed E-state index contributed by atoms with van der Waals surface area (Å²) < 4.78 is 2.73. The molecule has 0 N–H and O–H groups in total. The molecule has 8 aromatic rings. The average molecular weight is 545 g/mol. The number of hydrogen-bond donors (Lipinski definition) is 0. The Kier molecular flexibility index (Phi) is 5.66. The van der Waals surface area contributed by atoms with Crippen LogP contribution in [0.25, 0.3) is 74.4 Å².